The largest absolute Gasteiger partial charge is 0.253 e. The van der Waals surface area contributed by atoms with Crippen LogP contribution < -0.4 is 0 Å². The second kappa shape index (κ2) is 8.72. The third kappa shape index (κ3) is 4.78. The molecule has 2 atom stereocenters. The Morgan fingerprint density at radius 2 is 1.77 bits per heavy atom. The molecule has 2 unspecified atom stereocenters. The zero-order valence-corrected chi connectivity index (χ0v) is 18.6. The van der Waals surface area contributed by atoms with E-state index in [4.69, 9.17) is 4.98 Å². The second-order valence-electron chi connectivity index (χ2n) is 7.32. The molecule has 0 bridgehead atoms. The molecule has 0 spiro atoms. The normalized spacial score (nSPS) is 14.1. The van der Waals surface area contributed by atoms with Crippen molar-refractivity contribution in [3.8, 4) is 0 Å². The number of aryl methyl sites for hydroxylation is 2. The lowest BCUT2D eigenvalue weighted by molar-refractivity contribution is 0.682. The molecule has 0 aliphatic rings. The highest BCUT2D eigenvalue weighted by Crippen LogP contribution is 2.33. The minimum Gasteiger partial charge on any atom is -0.253 e. The molecular weight excluding hydrogens is 378 g/mol. The molecule has 26 heavy (non-hydrogen) atoms. The average Bonchev–Trinajstić information content (AvgIpc) is 3.33. The summed E-state index contributed by atoms with van der Waals surface area (Å²) in [6, 6.07) is 0. The predicted molar refractivity (Wildman–Crippen MR) is 114 cm³/mol. The summed E-state index contributed by atoms with van der Waals surface area (Å²) in [5.41, 5.74) is 3.12. The number of thiazole rings is 3. The molecule has 0 saturated heterocycles. The Balaban J connectivity index is 1.60. The summed E-state index contributed by atoms with van der Waals surface area (Å²) in [7, 11) is 0. The van der Waals surface area contributed by atoms with Crippen molar-refractivity contribution in [1.29, 1.82) is 0 Å². The van der Waals surface area contributed by atoms with Crippen LogP contribution in [-0.4, -0.2) is 15.0 Å². The van der Waals surface area contributed by atoms with Crippen molar-refractivity contribution >= 4 is 34.0 Å². The highest BCUT2D eigenvalue weighted by atomic mass is 32.1. The van der Waals surface area contributed by atoms with Crippen LogP contribution in [0.5, 0.6) is 0 Å². The highest BCUT2D eigenvalue weighted by molar-refractivity contribution is 7.12. The molecule has 0 fully saturated rings. The lowest BCUT2D eigenvalue weighted by Gasteiger charge is -2.09. The molecular formula is C20H27N3S3. The summed E-state index contributed by atoms with van der Waals surface area (Å²) in [5.74, 6) is 1.60. The molecule has 0 amide bonds. The molecule has 0 aliphatic heterocycles. The van der Waals surface area contributed by atoms with Crippen molar-refractivity contribution < 1.29 is 0 Å². The van der Waals surface area contributed by atoms with Gasteiger partial charge in [-0.3, -0.25) is 4.98 Å². The Morgan fingerprint density at radius 3 is 2.42 bits per heavy atom. The van der Waals surface area contributed by atoms with Gasteiger partial charge in [0.25, 0.3) is 0 Å². The zero-order valence-electron chi connectivity index (χ0n) is 16.2. The Morgan fingerprint density at radius 1 is 0.962 bits per heavy atom. The van der Waals surface area contributed by atoms with Gasteiger partial charge in [0.05, 0.1) is 21.2 Å². The van der Waals surface area contributed by atoms with Gasteiger partial charge in [0.1, 0.15) is 0 Å². The molecule has 0 radical (unpaired) electrons. The number of rotatable bonds is 8. The van der Waals surface area contributed by atoms with Crippen LogP contribution in [0.4, 0.5) is 0 Å². The van der Waals surface area contributed by atoms with Gasteiger partial charge in [-0.05, 0) is 37.5 Å². The van der Waals surface area contributed by atoms with E-state index in [9.17, 15) is 0 Å². The Kier molecular flexibility index (Phi) is 6.59. The first-order chi connectivity index (χ1) is 12.4. The summed E-state index contributed by atoms with van der Waals surface area (Å²) in [6.45, 7) is 11.2. The fourth-order valence-electron chi connectivity index (χ4n) is 3.02. The van der Waals surface area contributed by atoms with Gasteiger partial charge >= 0.3 is 0 Å². The van der Waals surface area contributed by atoms with Crippen molar-refractivity contribution in [2.75, 3.05) is 0 Å². The van der Waals surface area contributed by atoms with E-state index in [1.54, 1.807) is 11.3 Å². The minimum absolute atomic E-state index is 0.487. The van der Waals surface area contributed by atoms with Gasteiger partial charge in [-0.25, -0.2) is 9.97 Å². The lowest BCUT2D eigenvalue weighted by atomic mass is 10.0. The summed E-state index contributed by atoms with van der Waals surface area (Å²) >= 11 is 5.50. The van der Waals surface area contributed by atoms with Gasteiger partial charge in [-0.2, -0.15) is 0 Å². The van der Waals surface area contributed by atoms with E-state index >= 15 is 0 Å². The Labute approximate surface area is 168 Å². The molecule has 3 rings (SSSR count). The third-order valence-electron chi connectivity index (χ3n) is 4.67. The fraction of sp³-hybridized carbons (Fsp3) is 0.550. The van der Waals surface area contributed by atoms with Crippen LogP contribution in [0.2, 0.25) is 0 Å². The number of aromatic nitrogens is 3. The predicted octanol–water partition coefficient (Wildman–Crippen LogP) is 6.57. The molecule has 0 saturated carbocycles. The molecule has 6 heteroatoms. The topological polar surface area (TPSA) is 38.7 Å². The maximum Gasteiger partial charge on any atom is 0.0937 e. The van der Waals surface area contributed by atoms with Gasteiger partial charge < -0.3 is 0 Å². The van der Waals surface area contributed by atoms with E-state index in [2.05, 4.69) is 44.6 Å². The van der Waals surface area contributed by atoms with E-state index in [0.29, 0.717) is 17.8 Å². The van der Waals surface area contributed by atoms with Gasteiger partial charge in [0.15, 0.2) is 0 Å². The standard InChI is InChI=1S/C20H27N3S3/c1-12(2)16-10-22-18(25-16)7-6-13(3)20-15(5)23-19(26-20)8-14(4)17-9-21-11-24-17/h9-14H,6-8H2,1-5H3. The maximum absolute atomic E-state index is 4.85. The van der Waals surface area contributed by atoms with E-state index in [0.717, 1.165) is 19.3 Å². The summed E-state index contributed by atoms with van der Waals surface area (Å²) < 4.78 is 0. The molecule has 0 aliphatic carbocycles. The van der Waals surface area contributed by atoms with Gasteiger partial charge in [-0.15, -0.1) is 34.0 Å². The van der Waals surface area contributed by atoms with Crippen molar-refractivity contribution in [3.05, 3.63) is 48.2 Å². The smallest absolute Gasteiger partial charge is 0.0937 e. The Hall–Kier alpha value is -1.11. The number of nitrogens with zero attached hydrogens (tertiary/aromatic N) is 3. The molecule has 0 N–H and O–H groups in total. The molecule has 0 aromatic carbocycles. The number of hydrogen-bond acceptors (Lipinski definition) is 6. The monoisotopic (exact) mass is 405 g/mol. The SMILES string of the molecule is Cc1nc(CC(C)c2cncs2)sc1C(C)CCc1ncc(C(C)C)s1. The first-order valence-corrected chi connectivity index (χ1v) is 11.7. The van der Waals surface area contributed by atoms with E-state index in [-0.39, 0.29) is 0 Å². The quantitative estimate of drug-likeness (QED) is 0.425. The first kappa shape index (κ1) is 19.6. The molecule has 3 nitrogen and oxygen atoms in total. The van der Waals surface area contributed by atoms with Crippen LogP contribution >= 0.6 is 34.0 Å². The second-order valence-corrected chi connectivity index (χ2v) is 10.5. The van der Waals surface area contributed by atoms with Crippen LogP contribution in [0.3, 0.4) is 0 Å². The Bertz CT molecular complexity index is 817. The molecule has 3 aromatic heterocycles. The van der Waals surface area contributed by atoms with Crippen LogP contribution in [0.15, 0.2) is 17.9 Å². The molecule has 3 aromatic rings. The fourth-order valence-corrected chi connectivity index (χ4v) is 5.92. The summed E-state index contributed by atoms with van der Waals surface area (Å²) in [5, 5.41) is 2.52. The molecule has 3 heterocycles. The van der Waals surface area contributed by atoms with Crippen molar-refractivity contribution in [2.24, 2.45) is 0 Å². The van der Waals surface area contributed by atoms with Crippen LogP contribution in [0, 0.1) is 6.92 Å². The van der Waals surface area contributed by atoms with Crippen LogP contribution in [0.25, 0.3) is 0 Å². The van der Waals surface area contributed by atoms with E-state index in [1.165, 1.54) is 30.3 Å². The van der Waals surface area contributed by atoms with Crippen molar-refractivity contribution in [2.45, 2.75) is 71.6 Å². The minimum atomic E-state index is 0.487. The highest BCUT2D eigenvalue weighted by Gasteiger charge is 2.18. The van der Waals surface area contributed by atoms with E-state index in [1.807, 2.05) is 40.6 Å². The first-order valence-electron chi connectivity index (χ1n) is 9.23. The van der Waals surface area contributed by atoms with E-state index < -0.39 is 0 Å². The summed E-state index contributed by atoms with van der Waals surface area (Å²) in [4.78, 5) is 17.8. The average molecular weight is 406 g/mol. The number of hydrogen-bond donors (Lipinski definition) is 0. The van der Waals surface area contributed by atoms with Crippen LogP contribution in [-0.2, 0) is 12.8 Å². The van der Waals surface area contributed by atoms with Gasteiger partial charge in [-0.1, -0.05) is 27.7 Å². The third-order valence-corrected chi connectivity index (χ3v) is 8.45. The molecule has 140 valence electrons. The zero-order chi connectivity index (χ0) is 18.7. The summed E-state index contributed by atoms with van der Waals surface area (Å²) in [6.07, 6.45) is 7.23. The lowest BCUT2D eigenvalue weighted by Crippen LogP contribution is -1.96. The van der Waals surface area contributed by atoms with Crippen LogP contribution in [0.1, 0.15) is 82.2 Å². The maximum atomic E-state index is 4.85. The van der Waals surface area contributed by atoms with Crippen molar-refractivity contribution in [3.63, 3.8) is 0 Å². The van der Waals surface area contributed by atoms with Gasteiger partial charge in [0, 0.05) is 33.4 Å². The van der Waals surface area contributed by atoms with Gasteiger partial charge in [0.2, 0.25) is 0 Å². The van der Waals surface area contributed by atoms with Crippen molar-refractivity contribution in [1.82, 2.24) is 15.0 Å².